The zero-order chi connectivity index (χ0) is 12.8. The summed E-state index contributed by atoms with van der Waals surface area (Å²) in [5, 5.41) is 2.71. The van der Waals surface area contributed by atoms with Crippen LogP contribution in [0.1, 0.15) is 0 Å². The Morgan fingerprint density at radius 1 is 1.41 bits per heavy atom. The lowest BCUT2D eigenvalue weighted by Crippen LogP contribution is -2.27. The molecule has 0 saturated carbocycles. The Hall–Kier alpha value is -1.82. The van der Waals surface area contributed by atoms with Crippen LogP contribution in [0, 0.1) is 0 Å². The van der Waals surface area contributed by atoms with Crippen LogP contribution in [0.5, 0.6) is 5.75 Å². The molecule has 92 valence electrons. The molecular weight excluding hydrogens is 238 g/mol. The number of urea groups is 1. The van der Waals surface area contributed by atoms with Crippen molar-refractivity contribution in [3.8, 4) is 5.75 Å². The van der Waals surface area contributed by atoms with E-state index in [0.717, 1.165) is 0 Å². The highest BCUT2D eigenvalue weighted by Gasteiger charge is 2.03. The summed E-state index contributed by atoms with van der Waals surface area (Å²) in [6.07, 6.45) is 0. The molecule has 0 radical (unpaired) electrons. The smallest absolute Gasteiger partial charge is 0.321 e. The second kappa shape index (κ2) is 6.05. The number of hydrogen-bond acceptors (Lipinski definition) is 3. The van der Waals surface area contributed by atoms with Gasteiger partial charge in [-0.2, -0.15) is 0 Å². The van der Waals surface area contributed by atoms with Gasteiger partial charge in [0, 0.05) is 19.8 Å². The molecule has 0 heterocycles. The molecule has 0 aromatic heterocycles. The lowest BCUT2D eigenvalue weighted by atomic mass is 10.3. The molecule has 3 N–H and O–H groups in total. The van der Waals surface area contributed by atoms with Gasteiger partial charge in [-0.1, -0.05) is 12.2 Å². The summed E-state index contributed by atoms with van der Waals surface area (Å²) in [5.41, 5.74) is 6.01. The minimum Gasteiger partial charge on any atom is -0.487 e. The van der Waals surface area contributed by atoms with E-state index in [4.69, 9.17) is 22.7 Å². The number of carbonyl (C=O) groups excluding carboxylic acids is 1. The van der Waals surface area contributed by atoms with Crippen molar-refractivity contribution < 1.29 is 9.53 Å². The minimum atomic E-state index is -0.179. The van der Waals surface area contributed by atoms with Gasteiger partial charge in [-0.25, -0.2) is 4.79 Å². The SMILES string of the molecule is CN(C)C(=O)Nc1ccc(OCC(N)=S)cc1. The zero-order valence-corrected chi connectivity index (χ0v) is 10.6. The van der Waals surface area contributed by atoms with Crippen molar-refractivity contribution in [2.45, 2.75) is 0 Å². The molecule has 0 spiro atoms. The number of nitrogens with one attached hydrogen (secondary N) is 1. The van der Waals surface area contributed by atoms with E-state index in [2.05, 4.69) is 5.32 Å². The molecular formula is C11H15N3O2S. The van der Waals surface area contributed by atoms with Crippen molar-refractivity contribution >= 4 is 28.9 Å². The van der Waals surface area contributed by atoms with Crippen LogP contribution in [0.15, 0.2) is 24.3 Å². The third kappa shape index (κ3) is 4.69. The molecule has 6 heteroatoms. The summed E-state index contributed by atoms with van der Waals surface area (Å²) in [5.74, 6) is 0.653. The van der Waals surface area contributed by atoms with Crippen LogP contribution in [-0.4, -0.2) is 36.6 Å². The second-order valence-electron chi connectivity index (χ2n) is 3.60. The second-order valence-corrected chi connectivity index (χ2v) is 4.13. The molecule has 0 aliphatic carbocycles. The van der Waals surface area contributed by atoms with Crippen LogP contribution in [0.25, 0.3) is 0 Å². The Morgan fingerprint density at radius 3 is 2.47 bits per heavy atom. The van der Waals surface area contributed by atoms with Gasteiger partial charge in [-0.15, -0.1) is 0 Å². The molecule has 0 saturated heterocycles. The first-order valence-corrected chi connectivity index (χ1v) is 5.39. The fraction of sp³-hybridized carbons (Fsp3) is 0.273. The van der Waals surface area contributed by atoms with Gasteiger partial charge in [0.1, 0.15) is 17.3 Å². The topological polar surface area (TPSA) is 67.6 Å². The molecule has 0 aliphatic rings. The lowest BCUT2D eigenvalue weighted by molar-refractivity contribution is 0.230. The third-order valence-corrected chi connectivity index (χ3v) is 2.01. The van der Waals surface area contributed by atoms with Gasteiger partial charge < -0.3 is 20.7 Å². The maximum absolute atomic E-state index is 11.4. The van der Waals surface area contributed by atoms with Crippen LogP contribution >= 0.6 is 12.2 Å². The van der Waals surface area contributed by atoms with Gasteiger partial charge in [0.25, 0.3) is 0 Å². The monoisotopic (exact) mass is 253 g/mol. The highest BCUT2D eigenvalue weighted by atomic mass is 32.1. The van der Waals surface area contributed by atoms with Crippen molar-refractivity contribution in [3.05, 3.63) is 24.3 Å². The maximum Gasteiger partial charge on any atom is 0.321 e. The standard InChI is InChI=1S/C11H15N3O2S/c1-14(2)11(15)13-8-3-5-9(6-4-8)16-7-10(12)17/h3-6H,7H2,1-2H3,(H2,12,17)(H,13,15). The highest BCUT2D eigenvalue weighted by molar-refractivity contribution is 7.80. The van der Waals surface area contributed by atoms with Crippen molar-refractivity contribution in [2.75, 3.05) is 26.0 Å². The summed E-state index contributed by atoms with van der Waals surface area (Å²) in [6, 6.07) is 6.79. The Labute approximate surface area is 106 Å². The average molecular weight is 253 g/mol. The molecule has 2 amide bonds. The number of amides is 2. The summed E-state index contributed by atoms with van der Waals surface area (Å²) in [7, 11) is 3.35. The molecule has 1 aromatic rings. The van der Waals surface area contributed by atoms with Crippen LogP contribution in [0.3, 0.4) is 0 Å². The number of benzene rings is 1. The van der Waals surface area contributed by atoms with Crippen LogP contribution in [0.4, 0.5) is 10.5 Å². The van der Waals surface area contributed by atoms with E-state index >= 15 is 0 Å². The lowest BCUT2D eigenvalue weighted by Gasteiger charge is -2.12. The number of thiocarbonyl (C=S) groups is 1. The van der Waals surface area contributed by atoms with E-state index in [1.54, 1.807) is 38.4 Å². The van der Waals surface area contributed by atoms with Crippen LogP contribution in [-0.2, 0) is 0 Å². The number of carbonyl (C=O) groups is 1. The molecule has 1 rings (SSSR count). The van der Waals surface area contributed by atoms with E-state index in [-0.39, 0.29) is 12.6 Å². The number of anilines is 1. The van der Waals surface area contributed by atoms with Crippen LogP contribution < -0.4 is 15.8 Å². The van der Waals surface area contributed by atoms with Gasteiger partial charge in [-0.3, -0.25) is 0 Å². The fourth-order valence-corrected chi connectivity index (χ4v) is 1.08. The number of nitrogens with two attached hydrogens (primary N) is 1. The molecule has 0 fully saturated rings. The van der Waals surface area contributed by atoms with E-state index < -0.39 is 0 Å². The first-order valence-electron chi connectivity index (χ1n) is 4.98. The Balaban J connectivity index is 2.56. The van der Waals surface area contributed by atoms with E-state index in [0.29, 0.717) is 16.4 Å². The predicted molar refractivity (Wildman–Crippen MR) is 71.4 cm³/mol. The van der Waals surface area contributed by atoms with Crippen LogP contribution in [0.2, 0.25) is 0 Å². The van der Waals surface area contributed by atoms with Crippen molar-refractivity contribution in [1.29, 1.82) is 0 Å². The predicted octanol–water partition coefficient (Wildman–Crippen LogP) is 1.45. The number of rotatable bonds is 4. The number of nitrogens with zero attached hydrogens (tertiary/aromatic N) is 1. The molecule has 1 aromatic carbocycles. The first kappa shape index (κ1) is 13.2. The Morgan fingerprint density at radius 2 is 2.00 bits per heavy atom. The molecule has 5 nitrogen and oxygen atoms in total. The Bertz CT molecular complexity index is 404. The third-order valence-electron chi connectivity index (χ3n) is 1.89. The minimum absolute atomic E-state index is 0.179. The zero-order valence-electron chi connectivity index (χ0n) is 9.77. The molecule has 17 heavy (non-hydrogen) atoms. The van der Waals surface area contributed by atoms with Gasteiger partial charge in [0.05, 0.1) is 0 Å². The summed E-state index contributed by atoms with van der Waals surface area (Å²) in [6.45, 7) is 0.207. The summed E-state index contributed by atoms with van der Waals surface area (Å²) < 4.78 is 5.29. The number of ether oxygens (including phenoxy) is 1. The van der Waals surface area contributed by atoms with E-state index in [1.165, 1.54) is 4.90 Å². The Kier molecular flexibility index (Phi) is 4.71. The maximum atomic E-state index is 11.4. The van der Waals surface area contributed by atoms with E-state index in [9.17, 15) is 4.79 Å². The highest BCUT2D eigenvalue weighted by Crippen LogP contribution is 2.15. The molecule has 0 unspecified atom stereocenters. The molecule has 0 aliphatic heterocycles. The fourth-order valence-electron chi connectivity index (χ4n) is 1.02. The first-order chi connectivity index (χ1) is 7.99. The van der Waals surface area contributed by atoms with Gasteiger partial charge in [-0.05, 0) is 24.3 Å². The number of hydrogen-bond donors (Lipinski definition) is 2. The quantitative estimate of drug-likeness (QED) is 0.797. The van der Waals surface area contributed by atoms with Crippen molar-refractivity contribution in [3.63, 3.8) is 0 Å². The summed E-state index contributed by atoms with van der Waals surface area (Å²) in [4.78, 5) is 13.1. The molecule has 0 atom stereocenters. The molecule has 0 bridgehead atoms. The summed E-state index contributed by atoms with van der Waals surface area (Å²) >= 11 is 4.70. The van der Waals surface area contributed by atoms with Crippen molar-refractivity contribution in [2.24, 2.45) is 5.73 Å². The van der Waals surface area contributed by atoms with Gasteiger partial charge in [0.15, 0.2) is 0 Å². The van der Waals surface area contributed by atoms with Gasteiger partial charge >= 0.3 is 6.03 Å². The van der Waals surface area contributed by atoms with Crippen molar-refractivity contribution in [1.82, 2.24) is 4.90 Å². The van der Waals surface area contributed by atoms with E-state index in [1.807, 2.05) is 0 Å². The largest absolute Gasteiger partial charge is 0.487 e. The average Bonchev–Trinajstić information content (AvgIpc) is 2.28. The van der Waals surface area contributed by atoms with Gasteiger partial charge in [0.2, 0.25) is 0 Å². The normalized spacial score (nSPS) is 9.53.